The number of carbonyl (C=O) groups excluding carboxylic acids is 1. The zero-order valence-corrected chi connectivity index (χ0v) is 16.2. The Bertz CT molecular complexity index is 935. The summed E-state index contributed by atoms with van der Waals surface area (Å²) < 4.78 is 0. The Morgan fingerprint density at radius 3 is 2.26 bits per heavy atom. The molecule has 3 rings (SSSR count). The van der Waals surface area contributed by atoms with Gasteiger partial charge in [-0.3, -0.25) is 4.79 Å². The molecule has 1 amide bonds. The van der Waals surface area contributed by atoms with Crippen LogP contribution in [0.1, 0.15) is 31.3 Å². The number of nitrogens with zero attached hydrogens (tertiary/aromatic N) is 2. The smallest absolute Gasteiger partial charge is 0.274 e. The average Bonchev–Trinajstić information content (AvgIpc) is 2.62. The first kappa shape index (κ1) is 18.9. The molecule has 0 aliphatic heterocycles. The van der Waals surface area contributed by atoms with E-state index in [9.17, 15) is 4.79 Å². The third-order valence-electron chi connectivity index (χ3n) is 3.60. The van der Waals surface area contributed by atoms with E-state index in [1.54, 1.807) is 30.3 Å². The molecule has 2 N–H and O–H groups in total. The van der Waals surface area contributed by atoms with E-state index in [1.165, 1.54) is 0 Å². The lowest BCUT2D eigenvalue weighted by atomic mass is 10.1. The maximum atomic E-state index is 12.7. The Balaban J connectivity index is 1.96. The van der Waals surface area contributed by atoms with Gasteiger partial charge in [0.1, 0.15) is 11.5 Å². The van der Waals surface area contributed by atoms with Crippen molar-refractivity contribution in [3.63, 3.8) is 0 Å². The molecule has 1 aromatic heterocycles. The predicted octanol–water partition coefficient (Wildman–Crippen LogP) is 5.26. The van der Waals surface area contributed by atoms with E-state index in [2.05, 4.69) is 20.6 Å². The van der Waals surface area contributed by atoms with Crippen molar-refractivity contribution in [1.29, 1.82) is 0 Å². The molecule has 27 heavy (non-hydrogen) atoms. The SMILES string of the molecule is CC(C)(C)Nc1cc(C(=O)Nc2ccc(Cl)cc2)nc(-c2ccccc2)n1. The van der Waals surface area contributed by atoms with Crippen molar-refractivity contribution < 1.29 is 4.79 Å². The van der Waals surface area contributed by atoms with Gasteiger partial charge in [-0.15, -0.1) is 0 Å². The zero-order valence-electron chi connectivity index (χ0n) is 15.5. The van der Waals surface area contributed by atoms with E-state index in [4.69, 9.17) is 11.6 Å². The van der Waals surface area contributed by atoms with Crippen LogP contribution < -0.4 is 10.6 Å². The first-order valence-corrected chi connectivity index (χ1v) is 8.97. The van der Waals surface area contributed by atoms with Gasteiger partial charge in [0.05, 0.1) is 0 Å². The van der Waals surface area contributed by atoms with Gasteiger partial charge in [-0.05, 0) is 45.0 Å². The summed E-state index contributed by atoms with van der Waals surface area (Å²) in [6.07, 6.45) is 0. The van der Waals surface area contributed by atoms with Gasteiger partial charge >= 0.3 is 0 Å². The van der Waals surface area contributed by atoms with Gasteiger partial charge in [0.15, 0.2) is 5.82 Å². The topological polar surface area (TPSA) is 66.9 Å². The summed E-state index contributed by atoms with van der Waals surface area (Å²) in [4.78, 5) is 21.8. The molecule has 2 aromatic carbocycles. The van der Waals surface area contributed by atoms with E-state index in [0.717, 1.165) is 5.56 Å². The number of halogens is 1. The number of hydrogen-bond acceptors (Lipinski definition) is 4. The first-order chi connectivity index (χ1) is 12.8. The standard InChI is InChI=1S/C21H21ClN4O/c1-21(2,3)26-18-13-17(20(27)23-16-11-9-15(22)10-12-16)24-19(25-18)14-7-5-4-6-8-14/h4-13H,1-3H3,(H,23,27)(H,24,25,26). The minimum atomic E-state index is -0.311. The van der Waals surface area contributed by atoms with Crippen molar-refractivity contribution in [2.45, 2.75) is 26.3 Å². The maximum Gasteiger partial charge on any atom is 0.274 e. The summed E-state index contributed by atoms with van der Waals surface area (Å²) in [6.45, 7) is 6.10. The van der Waals surface area contributed by atoms with Gasteiger partial charge in [0.25, 0.3) is 5.91 Å². The van der Waals surface area contributed by atoms with Crippen LogP contribution in [0.5, 0.6) is 0 Å². The van der Waals surface area contributed by atoms with Crippen molar-refractivity contribution in [3.8, 4) is 11.4 Å². The van der Waals surface area contributed by atoms with Gasteiger partial charge in [0.2, 0.25) is 0 Å². The third kappa shape index (κ3) is 5.28. The summed E-state index contributed by atoms with van der Waals surface area (Å²) in [7, 11) is 0. The molecule has 0 unspecified atom stereocenters. The summed E-state index contributed by atoms with van der Waals surface area (Å²) in [5.41, 5.74) is 1.57. The molecule has 0 saturated carbocycles. The minimum absolute atomic E-state index is 0.202. The Morgan fingerprint density at radius 1 is 0.963 bits per heavy atom. The van der Waals surface area contributed by atoms with Crippen LogP contribution in [0.25, 0.3) is 11.4 Å². The lowest BCUT2D eigenvalue weighted by Gasteiger charge is -2.22. The second kappa shape index (κ2) is 7.76. The second-order valence-electron chi connectivity index (χ2n) is 7.16. The number of amides is 1. The Labute approximate surface area is 163 Å². The number of hydrogen-bond donors (Lipinski definition) is 2. The molecule has 0 spiro atoms. The van der Waals surface area contributed by atoms with Crippen LogP contribution in [0.3, 0.4) is 0 Å². The molecule has 0 radical (unpaired) electrons. The van der Waals surface area contributed by atoms with Gasteiger partial charge in [-0.2, -0.15) is 0 Å². The molecular formula is C21H21ClN4O. The van der Waals surface area contributed by atoms with Gasteiger partial charge < -0.3 is 10.6 Å². The molecule has 0 aliphatic carbocycles. The highest BCUT2D eigenvalue weighted by atomic mass is 35.5. The Morgan fingerprint density at radius 2 is 1.63 bits per heavy atom. The molecule has 138 valence electrons. The van der Waals surface area contributed by atoms with Crippen molar-refractivity contribution in [2.24, 2.45) is 0 Å². The molecule has 0 saturated heterocycles. The maximum absolute atomic E-state index is 12.7. The first-order valence-electron chi connectivity index (χ1n) is 8.60. The highest BCUT2D eigenvalue weighted by Gasteiger charge is 2.16. The van der Waals surface area contributed by atoms with Crippen molar-refractivity contribution in [3.05, 3.63) is 71.4 Å². The molecule has 0 bridgehead atoms. The van der Waals surface area contributed by atoms with Gasteiger partial charge in [-0.1, -0.05) is 41.9 Å². The minimum Gasteiger partial charge on any atom is -0.365 e. The zero-order chi connectivity index (χ0) is 19.4. The Kier molecular flexibility index (Phi) is 5.42. The van der Waals surface area contributed by atoms with E-state index in [0.29, 0.717) is 22.4 Å². The monoisotopic (exact) mass is 380 g/mol. The highest BCUT2D eigenvalue weighted by molar-refractivity contribution is 6.30. The predicted molar refractivity (Wildman–Crippen MR) is 110 cm³/mol. The molecule has 5 nitrogen and oxygen atoms in total. The third-order valence-corrected chi connectivity index (χ3v) is 3.85. The average molecular weight is 381 g/mol. The number of carbonyl (C=O) groups is 1. The van der Waals surface area contributed by atoms with Gasteiger partial charge in [-0.25, -0.2) is 9.97 Å². The largest absolute Gasteiger partial charge is 0.365 e. The van der Waals surface area contributed by atoms with E-state index in [-0.39, 0.29) is 17.1 Å². The number of anilines is 2. The lowest BCUT2D eigenvalue weighted by Crippen LogP contribution is -2.27. The molecular weight excluding hydrogens is 360 g/mol. The van der Waals surface area contributed by atoms with Crippen LogP contribution in [0, 0.1) is 0 Å². The molecule has 3 aromatic rings. The Hall–Kier alpha value is -2.92. The molecule has 0 fully saturated rings. The summed E-state index contributed by atoms with van der Waals surface area (Å²) in [5.74, 6) is 0.776. The number of aromatic nitrogens is 2. The van der Waals surface area contributed by atoms with Crippen LogP contribution in [0.4, 0.5) is 11.5 Å². The quantitative estimate of drug-likeness (QED) is 0.647. The molecule has 1 heterocycles. The van der Waals surface area contributed by atoms with Crippen LogP contribution in [-0.2, 0) is 0 Å². The number of nitrogens with one attached hydrogen (secondary N) is 2. The van der Waals surface area contributed by atoms with Crippen molar-refractivity contribution in [2.75, 3.05) is 10.6 Å². The fraction of sp³-hybridized carbons (Fsp3) is 0.190. The van der Waals surface area contributed by atoms with Crippen molar-refractivity contribution in [1.82, 2.24) is 9.97 Å². The normalized spacial score (nSPS) is 11.1. The lowest BCUT2D eigenvalue weighted by molar-refractivity contribution is 0.102. The summed E-state index contributed by atoms with van der Waals surface area (Å²) in [5, 5.41) is 6.76. The number of benzene rings is 2. The van der Waals surface area contributed by atoms with Gasteiger partial charge in [0, 0.05) is 27.9 Å². The molecule has 6 heteroatoms. The highest BCUT2D eigenvalue weighted by Crippen LogP contribution is 2.21. The van der Waals surface area contributed by atoms with E-state index in [1.807, 2.05) is 51.1 Å². The van der Waals surface area contributed by atoms with Crippen LogP contribution in [-0.4, -0.2) is 21.4 Å². The fourth-order valence-electron chi connectivity index (χ4n) is 2.46. The second-order valence-corrected chi connectivity index (χ2v) is 7.60. The summed E-state index contributed by atoms with van der Waals surface area (Å²) >= 11 is 5.89. The summed E-state index contributed by atoms with van der Waals surface area (Å²) in [6, 6.07) is 18.2. The van der Waals surface area contributed by atoms with E-state index < -0.39 is 0 Å². The van der Waals surface area contributed by atoms with Crippen LogP contribution >= 0.6 is 11.6 Å². The van der Waals surface area contributed by atoms with Crippen LogP contribution in [0.2, 0.25) is 5.02 Å². The number of rotatable bonds is 4. The molecule has 0 atom stereocenters. The van der Waals surface area contributed by atoms with Crippen LogP contribution in [0.15, 0.2) is 60.7 Å². The van der Waals surface area contributed by atoms with Crippen molar-refractivity contribution >= 4 is 29.0 Å². The molecule has 0 aliphatic rings. The fourth-order valence-corrected chi connectivity index (χ4v) is 2.58. The van der Waals surface area contributed by atoms with E-state index >= 15 is 0 Å².